The second-order valence-corrected chi connectivity index (χ2v) is 10.4. The second kappa shape index (κ2) is 7.02. The summed E-state index contributed by atoms with van der Waals surface area (Å²) in [4.78, 5) is 0. The minimum atomic E-state index is -0.822. The van der Waals surface area contributed by atoms with Crippen LogP contribution in [-0.2, 0) is 10.0 Å². The molecule has 130 valence electrons. The molecular weight excluding hydrogens is 324 g/mol. The van der Waals surface area contributed by atoms with Gasteiger partial charge in [0, 0.05) is 5.56 Å². The SMILES string of the molecule is Cc1occc1C(O[SiH2]C(C)(C)C)(c1ccccc1)c1ccccc1. The van der Waals surface area contributed by atoms with Crippen molar-refractivity contribution in [3.63, 3.8) is 0 Å². The largest absolute Gasteiger partial charge is 0.469 e. The highest BCUT2D eigenvalue weighted by atomic mass is 28.2. The summed E-state index contributed by atoms with van der Waals surface area (Å²) in [7, 11) is -0.822. The minimum Gasteiger partial charge on any atom is -0.469 e. The number of rotatable bonds is 5. The minimum absolute atomic E-state index is 0.187. The lowest BCUT2D eigenvalue weighted by atomic mass is 9.80. The van der Waals surface area contributed by atoms with Crippen LogP contribution in [0.4, 0.5) is 0 Å². The van der Waals surface area contributed by atoms with Crippen LogP contribution in [0.25, 0.3) is 0 Å². The molecule has 0 N–H and O–H groups in total. The molecule has 0 saturated heterocycles. The molecule has 0 saturated carbocycles. The van der Waals surface area contributed by atoms with Crippen molar-refractivity contribution >= 4 is 9.76 Å². The van der Waals surface area contributed by atoms with Gasteiger partial charge in [0.1, 0.15) is 11.4 Å². The van der Waals surface area contributed by atoms with Crippen LogP contribution in [0, 0.1) is 6.92 Å². The standard InChI is InChI=1S/C22H26O2Si/c1-17-20(15-16-23-17)22(24-25-21(2,3)4,18-11-7-5-8-12-18)19-13-9-6-10-14-19/h5-16H,25H2,1-4H3. The van der Waals surface area contributed by atoms with E-state index in [0.717, 1.165) is 22.5 Å². The number of hydrogen-bond donors (Lipinski definition) is 0. The van der Waals surface area contributed by atoms with E-state index in [1.54, 1.807) is 6.26 Å². The molecule has 1 aromatic heterocycles. The fourth-order valence-corrected chi connectivity index (χ4v) is 4.28. The Labute approximate surface area is 152 Å². The third-order valence-electron chi connectivity index (χ3n) is 4.32. The lowest BCUT2D eigenvalue weighted by Gasteiger charge is -2.38. The van der Waals surface area contributed by atoms with Gasteiger partial charge >= 0.3 is 0 Å². The number of aryl methyl sites for hydroxylation is 1. The number of furan rings is 1. The fourth-order valence-electron chi connectivity index (χ4n) is 3.14. The van der Waals surface area contributed by atoms with Gasteiger partial charge in [0.15, 0.2) is 9.76 Å². The van der Waals surface area contributed by atoms with Crippen molar-refractivity contribution in [3.05, 3.63) is 95.4 Å². The number of hydrogen-bond acceptors (Lipinski definition) is 2. The summed E-state index contributed by atoms with van der Waals surface area (Å²) in [5.41, 5.74) is 2.74. The van der Waals surface area contributed by atoms with E-state index >= 15 is 0 Å². The first kappa shape index (κ1) is 17.7. The monoisotopic (exact) mass is 350 g/mol. The van der Waals surface area contributed by atoms with E-state index in [1.807, 2.05) is 25.1 Å². The Morgan fingerprint density at radius 1 is 0.800 bits per heavy atom. The average molecular weight is 351 g/mol. The normalized spacial score (nSPS) is 12.8. The maximum absolute atomic E-state index is 6.87. The molecule has 25 heavy (non-hydrogen) atoms. The first-order chi connectivity index (χ1) is 11.9. The molecule has 0 amide bonds. The van der Waals surface area contributed by atoms with Crippen molar-refractivity contribution in [3.8, 4) is 0 Å². The van der Waals surface area contributed by atoms with Crippen LogP contribution in [0.3, 0.4) is 0 Å². The Bertz CT molecular complexity index is 761. The third-order valence-corrected chi connectivity index (χ3v) is 5.76. The molecule has 2 aromatic carbocycles. The summed E-state index contributed by atoms with van der Waals surface area (Å²) in [6, 6.07) is 23.0. The quantitative estimate of drug-likeness (QED) is 0.590. The van der Waals surface area contributed by atoms with Crippen LogP contribution in [0.15, 0.2) is 77.4 Å². The van der Waals surface area contributed by atoms with Gasteiger partial charge in [-0.3, -0.25) is 0 Å². The Morgan fingerprint density at radius 2 is 1.32 bits per heavy atom. The summed E-state index contributed by atoms with van der Waals surface area (Å²) in [6.07, 6.45) is 1.76. The molecule has 0 atom stereocenters. The van der Waals surface area contributed by atoms with Crippen molar-refractivity contribution in [2.75, 3.05) is 0 Å². The van der Waals surface area contributed by atoms with Crippen LogP contribution in [0.5, 0.6) is 0 Å². The average Bonchev–Trinajstić information content (AvgIpc) is 3.03. The molecule has 0 fully saturated rings. The topological polar surface area (TPSA) is 22.4 Å². The van der Waals surface area contributed by atoms with Crippen LogP contribution in [-0.4, -0.2) is 9.76 Å². The zero-order chi connectivity index (χ0) is 17.9. The lowest BCUT2D eigenvalue weighted by Crippen LogP contribution is -2.36. The molecule has 3 heteroatoms. The predicted octanol–water partition coefficient (Wildman–Crippen LogP) is 5.20. The molecule has 0 aliphatic heterocycles. The van der Waals surface area contributed by atoms with Gasteiger partial charge in [0.25, 0.3) is 0 Å². The first-order valence-corrected chi connectivity index (χ1v) is 10.0. The van der Waals surface area contributed by atoms with Gasteiger partial charge in [-0.25, -0.2) is 0 Å². The zero-order valence-electron chi connectivity index (χ0n) is 15.5. The lowest BCUT2D eigenvalue weighted by molar-refractivity contribution is 0.154. The van der Waals surface area contributed by atoms with Gasteiger partial charge in [-0.1, -0.05) is 81.4 Å². The zero-order valence-corrected chi connectivity index (χ0v) is 16.9. The first-order valence-electron chi connectivity index (χ1n) is 8.73. The third kappa shape index (κ3) is 3.63. The van der Waals surface area contributed by atoms with Crippen molar-refractivity contribution in [2.24, 2.45) is 0 Å². The molecule has 2 nitrogen and oxygen atoms in total. The fraction of sp³-hybridized carbons (Fsp3) is 0.273. The summed E-state index contributed by atoms with van der Waals surface area (Å²) in [6.45, 7) is 8.77. The van der Waals surface area contributed by atoms with E-state index in [1.165, 1.54) is 0 Å². The maximum Gasteiger partial charge on any atom is 0.169 e. The van der Waals surface area contributed by atoms with Crippen molar-refractivity contribution < 1.29 is 8.84 Å². The Hall–Kier alpha value is -2.10. The van der Waals surface area contributed by atoms with E-state index in [9.17, 15) is 0 Å². The summed E-state index contributed by atoms with van der Waals surface area (Å²) in [5, 5.41) is 0.187. The molecule has 0 bridgehead atoms. The van der Waals surface area contributed by atoms with E-state index in [4.69, 9.17) is 8.84 Å². The molecule has 0 aliphatic carbocycles. The van der Waals surface area contributed by atoms with E-state index < -0.39 is 15.4 Å². The van der Waals surface area contributed by atoms with Gasteiger partial charge in [-0.2, -0.15) is 0 Å². The van der Waals surface area contributed by atoms with Gasteiger partial charge < -0.3 is 8.84 Å². The van der Waals surface area contributed by atoms with Crippen molar-refractivity contribution in [2.45, 2.75) is 38.3 Å². The van der Waals surface area contributed by atoms with Crippen LogP contribution in [0.2, 0.25) is 5.04 Å². The Kier molecular flexibility index (Phi) is 4.98. The van der Waals surface area contributed by atoms with Crippen LogP contribution in [0.1, 0.15) is 43.2 Å². The highest BCUT2D eigenvalue weighted by Gasteiger charge is 2.40. The summed E-state index contributed by atoms with van der Waals surface area (Å²) in [5.74, 6) is 0.899. The van der Waals surface area contributed by atoms with E-state index in [0.29, 0.717) is 0 Å². The Balaban J connectivity index is 2.26. The van der Waals surface area contributed by atoms with E-state index in [2.05, 4.69) is 69.3 Å². The van der Waals surface area contributed by atoms with Gasteiger partial charge in [-0.05, 0) is 29.2 Å². The summed E-state index contributed by atoms with van der Waals surface area (Å²) < 4.78 is 12.6. The number of benzene rings is 2. The predicted molar refractivity (Wildman–Crippen MR) is 106 cm³/mol. The molecule has 0 unspecified atom stereocenters. The van der Waals surface area contributed by atoms with Crippen molar-refractivity contribution in [1.82, 2.24) is 0 Å². The molecule has 3 aromatic rings. The second-order valence-electron chi connectivity index (χ2n) is 7.65. The maximum atomic E-state index is 6.87. The highest BCUT2D eigenvalue weighted by molar-refractivity contribution is 6.32. The Morgan fingerprint density at radius 3 is 1.72 bits per heavy atom. The molecule has 0 radical (unpaired) electrons. The van der Waals surface area contributed by atoms with E-state index in [-0.39, 0.29) is 5.04 Å². The van der Waals surface area contributed by atoms with Gasteiger partial charge in [0.05, 0.1) is 6.26 Å². The smallest absolute Gasteiger partial charge is 0.169 e. The summed E-state index contributed by atoms with van der Waals surface area (Å²) >= 11 is 0. The molecule has 0 aliphatic rings. The van der Waals surface area contributed by atoms with Gasteiger partial charge in [0.2, 0.25) is 0 Å². The van der Waals surface area contributed by atoms with Crippen LogP contribution < -0.4 is 0 Å². The molecular formula is C22H26O2Si. The molecule has 1 heterocycles. The van der Waals surface area contributed by atoms with Crippen molar-refractivity contribution in [1.29, 1.82) is 0 Å². The molecule has 0 spiro atoms. The highest BCUT2D eigenvalue weighted by Crippen LogP contribution is 2.43. The van der Waals surface area contributed by atoms with Crippen LogP contribution >= 0.6 is 0 Å². The molecule has 3 rings (SSSR count). The van der Waals surface area contributed by atoms with Gasteiger partial charge in [-0.15, -0.1) is 0 Å².